The Morgan fingerprint density at radius 2 is 1.59 bits per heavy atom. The fraction of sp³-hybridized carbons (Fsp3) is 0.353. The summed E-state index contributed by atoms with van der Waals surface area (Å²) < 4.78 is 18.2. The van der Waals surface area contributed by atoms with Gasteiger partial charge in [-0.05, 0) is 39.8 Å². The molecule has 22 heavy (non-hydrogen) atoms. The van der Waals surface area contributed by atoms with Crippen molar-refractivity contribution in [1.82, 2.24) is 4.98 Å². The van der Waals surface area contributed by atoms with Crippen LogP contribution in [0.1, 0.15) is 27.7 Å². The minimum Gasteiger partial charge on any atom is -0.455 e. The number of fused-ring (bicyclic) bond motifs is 3. The van der Waals surface area contributed by atoms with Gasteiger partial charge in [0, 0.05) is 17.0 Å². The van der Waals surface area contributed by atoms with Gasteiger partial charge in [-0.25, -0.2) is 0 Å². The molecule has 0 aliphatic carbocycles. The van der Waals surface area contributed by atoms with E-state index in [1.807, 2.05) is 52.0 Å². The molecular weight excluding hydrogens is 277 g/mol. The van der Waals surface area contributed by atoms with E-state index in [1.165, 1.54) is 0 Å². The summed E-state index contributed by atoms with van der Waals surface area (Å²) in [5.41, 5.74) is 1.50. The van der Waals surface area contributed by atoms with Gasteiger partial charge in [-0.1, -0.05) is 18.2 Å². The largest absolute Gasteiger partial charge is 0.518 e. The second kappa shape index (κ2) is 4.34. The summed E-state index contributed by atoms with van der Waals surface area (Å²) >= 11 is 0. The lowest BCUT2D eigenvalue weighted by atomic mass is 9.83. The first-order chi connectivity index (χ1) is 10.4. The molecule has 0 saturated carbocycles. The quantitative estimate of drug-likeness (QED) is 0.646. The van der Waals surface area contributed by atoms with Gasteiger partial charge in [-0.3, -0.25) is 4.98 Å². The standard InChI is InChI=1S/C17H18BNO3/c1-16(2)17(3,4)22-18(21-16)15-14-12(9-10-19-15)11-7-5-6-8-13(11)20-14/h5-10H,1-4H3. The highest BCUT2D eigenvalue weighted by Gasteiger charge is 2.53. The van der Waals surface area contributed by atoms with Gasteiger partial charge in [0.05, 0.1) is 11.2 Å². The summed E-state index contributed by atoms with van der Waals surface area (Å²) in [5, 5.41) is 2.12. The van der Waals surface area contributed by atoms with Crippen LogP contribution in [0.4, 0.5) is 0 Å². The van der Waals surface area contributed by atoms with Crippen LogP contribution < -0.4 is 5.59 Å². The molecule has 1 aliphatic rings. The zero-order chi connectivity index (χ0) is 15.5. The molecule has 0 unspecified atom stereocenters. The lowest BCUT2D eigenvalue weighted by molar-refractivity contribution is 0.00578. The van der Waals surface area contributed by atoms with E-state index in [0.29, 0.717) is 5.59 Å². The normalized spacial score (nSPS) is 20.1. The molecular formula is C17H18BNO3. The first-order valence-electron chi connectivity index (χ1n) is 7.51. The van der Waals surface area contributed by atoms with Crippen molar-refractivity contribution in [2.75, 3.05) is 0 Å². The number of hydrogen-bond acceptors (Lipinski definition) is 4. The molecule has 3 aromatic rings. The van der Waals surface area contributed by atoms with Gasteiger partial charge in [-0.2, -0.15) is 0 Å². The molecule has 1 fully saturated rings. The Kier molecular flexibility index (Phi) is 2.72. The highest BCUT2D eigenvalue weighted by molar-refractivity contribution is 6.64. The highest BCUT2D eigenvalue weighted by Crippen LogP contribution is 2.37. The maximum atomic E-state index is 6.11. The minimum atomic E-state index is -0.519. The van der Waals surface area contributed by atoms with Crippen LogP contribution >= 0.6 is 0 Å². The minimum absolute atomic E-state index is 0.395. The Labute approximate surface area is 129 Å². The molecule has 0 bridgehead atoms. The number of nitrogens with zero attached hydrogens (tertiary/aromatic N) is 1. The second-order valence-electron chi connectivity index (χ2n) is 6.76. The van der Waals surface area contributed by atoms with E-state index in [4.69, 9.17) is 13.7 Å². The summed E-state index contributed by atoms with van der Waals surface area (Å²) in [6.45, 7) is 8.13. The number of benzene rings is 1. The molecule has 1 aliphatic heterocycles. The molecule has 0 amide bonds. The summed E-state index contributed by atoms with van der Waals surface area (Å²) in [6, 6.07) is 9.95. The number of aromatic nitrogens is 1. The molecule has 0 spiro atoms. The molecule has 5 heteroatoms. The second-order valence-corrected chi connectivity index (χ2v) is 6.76. The molecule has 3 heterocycles. The van der Waals surface area contributed by atoms with Gasteiger partial charge >= 0.3 is 7.12 Å². The zero-order valence-corrected chi connectivity index (χ0v) is 13.2. The van der Waals surface area contributed by atoms with Gasteiger partial charge in [0.15, 0.2) is 5.58 Å². The van der Waals surface area contributed by atoms with Gasteiger partial charge in [0.1, 0.15) is 11.2 Å². The molecule has 0 radical (unpaired) electrons. The van der Waals surface area contributed by atoms with Crippen LogP contribution in [0.15, 0.2) is 40.9 Å². The predicted octanol–water partition coefficient (Wildman–Crippen LogP) is 3.28. The summed E-state index contributed by atoms with van der Waals surface area (Å²) in [4.78, 5) is 4.47. The zero-order valence-electron chi connectivity index (χ0n) is 13.2. The number of para-hydroxylation sites is 1. The Morgan fingerprint density at radius 1 is 0.909 bits per heavy atom. The fourth-order valence-electron chi connectivity index (χ4n) is 2.79. The molecule has 0 atom stereocenters. The average molecular weight is 295 g/mol. The van der Waals surface area contributed by atoms with Crippen LogP contribution in [-0.2, 0) is 9.31 Å². The van der Waals surface area contributed by atoms with Crippen molar-refractivity contribution in [3.63, 3.8) is 0 Å². The lowest BCUT2D eigenvalue weighted by Gasteiger charge is -2.32. The fourth-order valence-corrected chi connectivity index (χ4v) is 2.79. The summed E-state index contributed by atoms with van der Waals surface area (Å²) in [5.74, 6) is 0. The van der Waals surface area contributed by atoms with Gasteiger partial charge in [0.25, 0.3) is 0 Å². The smallest absolute Gasteiger partial charge is 0.455 e. The average Bonchev–Trinajstić information content (AvgIpc) is 2.93. The predicted molar refractivity (Wildman–Crippen MR) is 87.2 cm³/mol. The van der Waals surface area contributed by atoms with Crippen LogP contribution in [-0.4, -0.2) is 23.3 Å². The van der Waals surface area contributed by atoms with Gasteiger partial charge < -0.3 is 13.7 Å². The van der Waals surface area contributed by atoms with Crippen LogP contribution in [0.2, 0.25) is 0 Å². The van der Waals surface area contributed by atoms with E-state index in [9.17, 15) is 0 Å². The molecule has 1 aromatic carbocycles. The van der Waals surface area contributed by atoms with E-state index in [1.54, 1.807) is 6.20 Å². The van der Waals surface area contributed by atoms with Crippen molar-refractivity contribution < 1.29 is 13.7 Å². The Morgan fingerprint density at radius 3 is 2.32 bits per heavy atom. The Hall–Kier alpha value is -1.85. The molecule has 112 valence electrons. The number of furan rings is 1. The van der Waals surface area contributed by atoms with Crippen molar-refractivity contribution in [3.8, 4) is 0 Å². The third-order valence-corrected chi connectivity index (χ3v) is 4.80. The Bertz CT molecular complexity index is 853. The molecule has 2 aromatic heterocycles. The molecule has 0 N–H and O–H groups in total. The van der Waals surface area contributed by atoms with Crippen molar-refractivity contribution >= 4 is 34.7 Å². The van der Waals surface area contributed by atoms with Crippen molar-refractivity contribution in [3.05, 3.63) is 36.5 Å². The van der Waals surface area contributed by atoms with Crippen molar-refractivity contribution in [1.29, 1.82) is 0 Å². The highest BCUT2D eigenvalue weighted by atomic mass is 16.7. The van der Waals surface area contributed by atoms with Gasteiger partial charge in [-0.15, -0.1) is 0 Å². The van der Waals surface area contributed by atoms with Crippen LogP contribution in [0.3, 0.4) is 0 Å². The van der Waals surface area contributed by atoms with E-state index in [0.717, 1.165) is 21.9 Å². The number of rotatable bonds is 1. The maximum absolute atomic E-state index is 6.11. The maximum Gasteiger partial charge on any atom is 0.518 e. The lowest BCUT2D eigenvalue weighted by Crippen LogP contribution is -2.41. The monoisotopic (exact) mass is 295 g/mol. The van der Waals surface area contributed by atoms with Crippen LogP contribution in [0.25, 0.3) is 21.9 Å². The first-order valence-corrected chi connectivity index (χ1v) is 7.51. The first kappa shape index (κ1) is 13.8. The third-order valence-electron chi connectivity index (χ3n) is 4.80. The van der Waals surface area contributed by atoms with Crippen LogP contribution in [0, 0.1) is 0 Å². The summed E-state index contributed by atoms with van der Waals surface area (Å²) in [7, 11) is -0.519. The van der Waals surface area contributed by atoms with E-state index in [-0.39, 0.29) is 0 Å². The van der Waals surface area contributed by atoms with Crippen LogP contribution in [0.5, 0.6) is 0 Å². The topological polar surface area (TPSA) is 44.5 Å². The van der Waals surface area contributed by atoms with Crippen molar-refractivity contribution in [2.24, 2.45) is 0 Å². The molecule has 4 nitrogen and oxygen atoms in total. The van der Waals surface area contributed by atoms with E-state index < -0.39 is 18.3 Å². The Balaban J connectivity index is 1.90. The van der Waals surface area contributed by atoms with E-state index >= 15 is 0 Å². The molecule has 1 saturated heterocycles. The number of hydrogen-bond donors (Lipinski definition) is 0. The SMILES string of the molecule is CC1(C)OB(c2nccc3c2oc2ccccc23)OC1(C)C. The van der Waals surface area contributed by atoms with Crippen molar-refractivity contribution in [2.45, 2.75) is 38.9 Å². The summed E-state index contributed by atoms with van der Waals surface area (Å²) in [6.07, 6.45) is 1.78. The van der Waals surface area contributed by atoms with E-state index in [2.05, 4.69) is 11.1 Å². The number of pyridine rings is 1. The third kappa shape index (κ3) is 1.82. The molecule has 4 rings (SSSR count). The van der Waals surface area contributed by atoms with Gasteiger partial charge in [0.2, 0.25) is 0 Å².